The van der Waals surface area contributed by atoms with Gasteiger partial charge >= 0.3 is 0 Å². The first-order valence-corrected chi connectivity index (χ1v) is 4.89. The number of ketones is 1. The first-order valence-electron chi connectivity index (χ1n) is 4.89. The number of aryl methyl sites for hydroxylation is 1. The molecule has 0 amide bonds. The SMILES string of the molecule is O=C(c1nc2n(n1)CCC2F)C1CC1. The van der Waals surface area contributed by atoms with Gasteiger partial charge in [0.05, 0.1) is 0 Å². The molecule has 1 aliphatic carbocycles. The number of fused-ring (bicyclic) bond motifs is 1. The van der Waals surface area contributed by atoms with Crippen molar-refractivity contribution in [1.82, 2.24) is 14.8 Å². The highest BCUT2D eigenvalue weighted by Gasteiger charge is 2.35. The molecule has 1 atom stereocenters. The first kappa shape index (κ1) is 8.08. The van der Waals surface area contributed by atoms with Gasteiger partial charge in [-0.1, -0.05) is 0 Å². The molecule has 74 valence electrons. The second-order valence-electron chi connectivity index (χ2n) is 3.91. The van der Waals surface area contributed by atoms with Crippen molar-refractivity contribution in [3.8, 4) is 0 Å². The highest BCUT2D eigenvalue weighted by Crippen LogP contribution is 2.33. The van der Waals surface area contributed by atoms with Crippen LogP contribution in [0.15, 0.2) is 0 Å². The highest BCUT2D eigenvalue weighted by molar-refractivity contribution is 5.95. The number of carbonyl (C=O) groups is 1. The van der Waals surface area contributed by atoms with Crippen LogP contribution < -0.4 is 0 Å². The number of hydrogen-bond donors (Lipinski definition) is 0. The molecule has 1 aliphatic heterocycles. The molecule has 0 radical (unpaired) electrons. The average Bonchev–Trinajstić information content (AvgIpc) is 2.84. The maximum Gasteiger partial charge on any atom is 0.217 e. The van der Waals surface area contributed by atoms with Gasteiger partial charge < -0.3 is 0 Å². The molecule has 4 nitrogen and oxygen atoms in total. The third-order valence-electron chi connectivity index (χ3n) is 2.74. The second-order valence-corrected chi connectivity index (χ2v) is 3.91. The first-order chi connectivity index (χ1) is 6.75. The van der Waals surface area contributed by atoms with Crippen molar-refractivity contribution in [2.24, 2.45) is 5.92 Å². The lowest BCUT2D eigenvalue weighted by Crippen LogP contribution is -2.05. The Morgan fingerprint density at radius 3 is 2.86 bits per heavy atom. The highest BCUT2D eigenvalue weighted by atomic mass is 19.1. The van der Waals surface area contributed by atoms with Gasteiger partial charge in [-0.05, 0) is 12.8 Å². The zero-order chi connectivity index (χ0) is 9.71. The molecule has 1 saturated carbocycles. The molecule has 1 aromatic heterocycles. The summed E-state index contributed by atoms with van der Waals surface area (Å²) in [5.41, 5.74) is 0. The fraction of sp³-hybridized carbons (Fsp3) is 0.667. The van der Waals surface area contributed by atoms with Crippen LogP contribution in [0.3, 0.4) is 0 Å². The minimum Gasteiger partial charge on any atom is -0.290 e. The third-order valence-corrected chi connectivity index (χ3v) is 2.74. The van der Waals surface area contributed by atoms with E-state index in [4.69, 9.17) is 0 Å². The molecular formula is C9H10FN3O. The van der Waals surface area contributed by atoms with Crippen molar-refractivity contribution in [2.75, 3.05) is 0 Å². The monoisotopic (exact) mass is 195 g/mol. The van der Waals surface area contributed by atoms with Gasteiger partial charge in [-0.2, -0.15) is 0 Å². The van der Waals surface area contributed by atoms with E-state index in [0.29, 0.717) is 18.8 Å². The van der Waals surface area contributed by atoms with E-state index in [1.807, 2.05) is 0 Å². The lowest BCUT2D eigenvalue weighted by Gasteiger charge is -1.92. The van der Waals surface area contributed by atoms with E-state index in [0.717, 1.165) is 12.8 Å². The molecule has 2 aliphatic rings. The van der Waals surface area contributed by atoms with Gasteiger partial charge in [0.1, 0.15) is 0 Å². The molecule has 14 heavy (non-hydrogen) atoms. The normalized spacial score (nSPS) is 25.1. The van der Waals surface area contributed by atoms with Crippen molar-refractivity contribution in [3.05, 3.63) is 11.6 Å². The molecule has 5 heteroatoms. The van der Waals surface area contributed by atoms with Gasteiger partial charge in [0.25, 0.3) is 0 Å². The van der Waals surface area contributed by atoms with Crippen LogP contribution in [0.1, 0.15) is 41.9 Å². The largest absolute Gasteiger partial charge is 0.290 e. The van der Waals surface area contributed by atoms with Crippen molar-refractivity contribution in [1.29, 1.82) is 0 Å². The summed E-state index contributed by atoms with van der Waals surface area (Å²) < 4.78 is 14.7. The quantitative estimate of drug-likeness (QED) is 0.668. The Hall–Kier alpha value is -1.26. The van der Waals surface area contributed by atoms with E-state index >= 15 is 0 Å². The van der Waals surface area contributed by atoms with E-state index in [9.17, 15) is 9.18 Å². The molecule has 0 spiro atoms. The topological polar surface area (TPSA) is 47.8 Å². The summed E-state index contributed by atoms with van der Waals surface area (Å²) in [5.74, 6) is 0.633. The number of halogens is 1. The van der Waals surface area contributed by atoms with E-state index in [1.165, 1.54) is 4.68 Å². The van der Waals surface area contributed by atoms with Gasteiger partial charge in [0.2, 0.25) is 11.6 Å². The van der Waals surface area contributed by atoms with Crippen LogP contribution in [-0.2, 0) is 6.54 Å². The molecule has 1 unspecified atom stereocenters. The summed E-state index contributed by atoms with van der Waals surface area (Å²) in [6, 6.07) is 0. The maximum atomic E-state index is 13.2. The standard InChI is InChI=1S/C9H10FN3O/c10-6-3-4-13-9(6)11-8(12-13)7(14)5-1-2-5/h5-6H,1-4H2. The number of carbonyl (C=O) groups excluding carboxylic acids is 1. The van der Waals surface area contributed by atoms with Crippen LogP contribution in [0.2, 0.25) is 0 Å². The average molecular weight is 195 g/mol. The Balaban J connectivity index is 1.93. The molecule has 1 aromatic rings. The predicted molar refractivity (Wildman–Crippen MR) is 45.5 cm³/mol. The van der Waals surface area contributed by atoms with Crippen molar-refractivity contribution >= 4 is 5.78 Å². The summed E-state index contributed by atoms with van der Waals surface area (Å²) in [4.78, 5) is 15.5. The Morgan fingerprint density at radius 2 is 2.21 bits per heavy atom. The number of nitrogens with zero attached hydrogens (tertiary/aromatic N) is 3. The summed E-state index contributed by atoms with van der Waals surface area (Å²) in [5, 5.41) is 4.02. The third kappa shape index (κ3) is 1.08. The van der Waals surface area contributed by atoms with E-state index < -0.39 is 6.17 Å². The lowest BCUT2D eigenvalue weighted by atomic mass is 10.2. The van der Waals surface area contributed by atoms with Crippen LogP contribution in [0.4, 0.5) is 4.39 Å². The molecule has 0 bridgehead atoms. The van der Waals surface area contributed by atoms with Gasteiger partial charge in [-0.25, -0.2) is 14.1 Å². The van der Waals surface area contributed by atoms with Crippen molar-refractivity contribution in [3.63, 3.8) is 0 Å². The van der Waals surface area contributed by atoms with E-state index in [1.54, 1.807) is 0 Å². The van der Waals surface area contributed by atoms with Gasteiger partial charge in [0, 0.05) is 18.9 Å². The fourth-order valence-corrected chi connectivity index (χ4v) is 1.75. The Bertz CT molecular complexity index is 397. The molecule has 1 fully saturated rings. The Morgan fingerprint density at radius 1 is 1.43 bits per heavy atom. The summed E-state index contributed by atoms with van der Waals surface area (Å²) in [6.45, 7) is 0.543. The molecule has 0 aromatic carbocycles. The number of hydrogen-bond acceptors (Lipinski definition) is 3. The second kappa shape index (κ2) is 2.62. The minimum absolute atomic E-state index is 0.0147. The summed E-state index contributed by atoms with van der Waals surface area (Å²) in [7, 11) is 0. The minimum atomic E-state index is -1.04. The number of rotatable bonds is 2. The molecule has 3 rings (SSSR count). The molecule has 2 heterocycles. The van der Waals surface area contributed by atoms with E-state index in [-0.39, 0.29) is 17.5 Å². The number of Topliss-reactive ketones (excluding diaryl/α,β-unsaturated/α-hetero) is 1. The van der Waals surface area contributed by atoms with Crippen molar-refractivity contribution < 1.29 is 9.18 Å². The van der Waals surface area contributed by atoms with Gasteiger partial charge in [-0.3, -0.25) is 4.79 Å². The van der Waals surface area contributed by atoms with Crippen LogP contribution in [0.5, 0.6) is 0 Å². The van der Waals surface area contributed by atoms with Crippen LogP contribution in [0.25, 0.3) is 0 Å². The lowest BCUT2D eigenvalue weighted by molar-refractivity contribution is 0.0957. The van der Waals surface area contributed by atoms with Crippen LogP contribution >= 0.6 is 0 Å². The van der Waals surface area contributed by atoms with E-state index in [2.05, 4.69) is 10.1 Å². The zero-order valence-corrected chi connectivity index (χ0v) is 7.61. The Kier molecular flexibility index (Phi) is 1.51. The Labute approximate surface area is 80.1 Å². The molecule has 0 N–H and O–H groups in total. The van der Waals surface area contributed by atoms with Gasteiger partial charge in [-0.15, -0.1) is 5.10 Å². The predicted octanol–water partition coefficient (Wildman–Crippen LogP) is 1.29. The molecule has 0 saturated heterocycles. The maximum absolute atomic E-state index is 13.2. The van der Waals surface area contributed by atoms with Crippen molar-refractivity contribution in [2.45, 2.75) is 32.0 Å². The molecular weight excluding hydrogens is 185 g/mol. The van der Waals surface area contributed by atoms with Gasteiger partial charge in [0.15, 0.2) is 12.0 Å². The number of aromatic nitrogens is 3. The fourth-order valence-electron chi connectivity index (χ4n) is 1.75. The number of alkyl halides is 1. The summed E-state index contributed by atoms with van der Waals surface area (Å²) in [6.07, 6.45) is 1.26. The smallest absolute Gasteiger partial charge is 0.217 e. The zero-order valence-electron chi connectivity index (χ0n) is 7.61. The summed E-state index contributed by atoms with van der Waals surface area (Å²) >= 11 is 0. The van der Waals surface area contributed by atoms with Crippen LogP contribution in [0, 0.1) is 5.92 Å². The van der Waals surface area contributed by atoms with Crippen LogP contribution in [-0.4, -0.2) is 20.5 Å².